The van der Waals surface area contributed by atoms with E-state index in [9.17, 15) is 0 Å². The van der Waals surface area contributed by atoms with Crippen molar-refractivity contribution in [3.8, 4) is 0 Å². The van der Waals surface area contributed by atoms with Crippen LogP contribution in [0.5, 0.6) is 0 Å². The zero-order valence-electron chi connectivity index (χ0n) is 10.7. The zero-order chi connectivity index (χ0) is 12.5. The lowest BCUT2D eigenvalue weighted by Crippen LogP contribution is -2.35. The molecule has 0 aromatic heterocycles. The zero-order valence-corrected chi connectivity index (χ0v) is 12.3. The molecule has 0 amide bonds. The van der Waals surface area contributed by atoms with Crippen molar-refractivity contribution in [3.05, 3.63) is 34.3 Å². The lowest BCUT2D eigenvalue weighted by molar-refractivity contribution is 0.0126. The fourth-order valence-corrected chi connectivity index (χ4v) is 2.54. The standard InChI is InChI=1S/C14H20BrNO/c1-10-13(11-5-4-6-12(15)7-11)17-9-14(2,3)8-16-10/h4-7,10,13,16H,8-9H2,1-3H3. The molecule has 0 radical (unpaired) electrons. The third kappa shape index (κ3) is 3.30. The number of ether oxygens (including phenoxy) is 1. The second kappa shape index (κ2) is 5.09. The summed E-state index contributed by atoms with van der Waals surface area (Å²) in [5.74, 6) is 0. The maximum Gasteiger partial charge on any atom is 0.0975 e. The van der Waals surface area contributed by atoms with Crippen molar-refractivity contribution in [2.24, 2.45) is 5.41 Å². The highest BCUT2D eigenvalue weighted by molar-refractivity contribution is 9.10. The smallest absolute Gasteiger partial charge is 0.0975 e. The lowest BCUT2D eigenvalue weighted by atomic mass is 9.95. The van der Waals surface area contributed by atoms with Crippen LogP contribution in [0.25, 0.3) is 0 Å². The molecule has 3 heteroatoms. The molecule has 2 rings (SSSR count). The van der Waals surface area contributed by atoms with Gasteiger partial charge < -0.3 is 10.1 Å². The molecule has 0 aliphatic carbocycles. The van der Waals surface area contributed by atoms with Crippen molar-refractivity contribution in [2.45, 2.75) is 32.9 Å². The van der Waals surface area contributed by atoms with Crippen LogP contribution in [0, 0.1) is 5.41 Å². The summed E-state index contributed by atoms with van der Waals surface area (Å²) >= 11 is 3.51. The predicted molar refractivity (Wildman–Crippen MR) is 74.1 cm³/mol. The molecule has 1 aliphatic heterocycles. The highest BCUT2D eigenvalue weighted by Gasteiger charge is 2.29. The average Bonchev–Trinajstić information content (AvgIpc) is 2.39. The summed E-state index contributed by atoms with van der Waals surface area (Å²) in [6.07, 6.45) is 0.134. The number of nitrogens with one attached hydrogen (secondary N) is 1. The van der Waals surface area contributed by atoms with Crippen LogP contribution in [-0.4, -0.2) is 19.2 Å². The minimum absolute atomic E-state index is 0.134. The van der Waals surface area contributed by atoms with Crippen LogP contribution in [0.1, 0.15) is 32.4 Å². The van der Waals surface area contributed by atoms with Crippen LogP contribution in [-0.2, 0) is 4.74 Å². The molecule has 0 saturated carbocycles. The topological polar surface area (TPSA) is 21.3 Å². The van der Waals surface area contributed by atoms with E-state index in [0.717, 1.165) is 17.6 Å². The minimum atomic E-state index is 0.134. The van der Waals surface area contributed by atoms with Crippen molar-refractivity contribution in [1.29, 1.82) is 0 Å². The Morgan fingerprint density at radius 3 is 2.88 bits per heavy atom. The van der Waals surface area contributed by atoms with Crippen molar-refractivity contribution in [3.63, 3.8) is 0 Å². The van der Waals surface area contributed by atoms with E-state index >= 15 is 0 Å². The van der Waals surface area contributed by atoms with Crippen LogP contribution >= 0.6 is 15.9 Å². The summed E-state index contributed by atoms with van der Waals surface area (Å²) in [5.41, 5.74) is 1.44. The average molecular weight is 298 g/mol. The second-order valence-corrected chi connectivity index (χ2v) is 6.54. The molecule has 0 bridgehead atoms. The van der Waals surface area contributed by atoms with E-state index in [0.29, 0.717) is 6.04 Å². The van der Waals surface area contributed by atoms with E-state index in [1.165, 1.54) is 5.56 Å². The first-order valence-electron chi connectivity index (χ1n) is 6.08. The molecule has 1 fully saturated rings. The number of hydrogen-bond donors (Lipinski definition) is 1. The van der Waals surface area contributed by atoms with Gasteiger partial charge in [0.2, 0.25) is 0 Å². The summed E-state index contributed by atoms with van der Waals surface area (Å²) in [6.45, 7) is 8.44. The molecule has 94 valence electrons. The van der Waals surface area contributed by atoms with E-state index in [-0.39, 0.29) is 11.5 Å². The Morgan fingerprint density at radius 1 is 1.41 bits per heavy atom. The van der Waals surface area contributed by atoms with E-state index in [4.69, 9.17) is 4.74 Å². The third-order valence-corrected chi connectivity index (χ3v) is 3.68. The summed E-state index contributed by atoms with van der Waals surface area (Å²) < 4.78 is 7.19. The molecular weight excluding hydrogens is 278 g/mol. The summed E-state index contributed by atoms with van der Waals surface area (Å²) in [4.78, 5) is 0. The van der Waals surface area contributed by atoms with Gasteiger partial charge in [-0.3, -0.25) is 0 Å². The molecule has 1 aromatic rings. The quantitative estimate of drug-likeness (QED) is 0.856. The first-order chi connectivity index (χ1) is 7.98. The normalized spacial score (nSPS) is 28.7. The van der Waals surface area contributed by atoms with Crippen LogP contribution in [0.4, 0.5) is 0 Å². The van der Waals surface area contributed by atoms with Gasteiger partial charge >= 0.3 is 0 Å². The molecule has 1 heterocycles. The first-order valence-corrected chi connectivity index (χ1v) is 6.88. The van der Waals surface area contributed by atoms with Crippen LogP contribution < -0.4 is 5.32 Å². The molecule has 1 N–H and O–H groups in total. The van der Waals surface area contributed by atoms with Gasteiger partial charge in [-0.2, -0.15) is 0 Å². The molecule has 2 atom stereocenters. The molecule has 2 unspecified atom stereocenters. The van der Waals surface area contributed by atoms with Crippen molar-refractivity contribution >= 4 is 15.9 Å². The van der Waals surface area contributed by atoms with Gasteiger partial charge in [0.1, 0.15) is 0 Å². The lowest BCUT2D eigenvalue weighted by Gasteiger charge is -2.23. The van der Waals surface area contributed by atoms with Crippen molar-refractivity contribution in [2.75, 3.05) is 13.2 Å². The largest absolute Gasteiger partial charge is 0.371 e. The number of benzene rings is 1. The van der Waals surface area contributed by atoms with E-state index in [1.54, 1.807) is 0 Å². The van der Waals surface area contributed by atoms with E-state index in [2.05, 4.69) is 60.2 Å². The molecular formula is C14H20BrNO. The Bertz CT molecular complexity index is 392. The summed E-state index contributed by atoms with van der Waals surface area (Å²) in [7, 11) is 0. The fourth-order valence-electron chi connectivity index (χ4n) is 2.12. The molecule has 0 spiro atoms. The highest BCUT2D eigenvalue weighted by Crippen LogP contribution is 2.29. The van der Waals surface area contributed by atoms with Gasteiger partial charge in [0.05, 0.1) is 12.7 Å². The van der Waals surface area contributed by atoms with Gasteiger partial charge in [-0.05, 0) is 24.6 Å². The maximum absolute atomic E-state index is 6.09. The predicted octanol–water partition coefficient (Wildman–Crippen LogP) is 3.52. The highest BCUT2D eigenvalue weighted by atomic mass is 79.9. The van der Waals surface area contributed by atoms with Crippen LogP contribution in [0.2, 0.25) is 0 Å². The Morgan fingerprint density at radius 2 is 2.18 bits per heavy atom. The van der Waals surface area contributed by atoms with Crippen molar-refractivity contribution < 1.29 is 4.74 Å². The van der Waals surface area contributed by atoms with Gasteiger partial charge in [0.15, 0.2) is 0 Å². The minimum Gasteiger partial charge on any atom is -0.371 e. The maximum atomic E-state index is 6.09. The summed E-state index contributed by atoms with van der Waals surface area (Å²) in [6, 6.07) is 8.71. The number of hydrogen-bond acceptors (Lipinski definition) is 2. The van der Waals surface area contributed by atoms with Gasteiger partial charge in [0.25, 0.3) is 0 Å². The second-order valence-electron chi connectivity index (χ2n) is 5.62. The molecule has 1 aliphatic rings. The van der Waals surface area contributed by atoms with Crippen molar-refractivity contribution in [1.82, 2.24) is 5.32 Å². The third-order valence-electron chi connectivity index (χ3n) is 3.19. The molecule has 1 saturated heterocycles. The molecule has 1 aromatic carbocycles. The monoisotopic (exact) mass is 297 g/mol. The van der Waals surface area contributed by atoms with Gasteiger partial charge in [-0.15, -0.1) is 0 Å². The van der Waals surface area contributed by atoms with Crippen LogP contribution in [0.3, 0.4) is 0 Å². The van der Waals surface area contributed by atoms with Gasteiger partial charge in [-0.25, -0.2) is 0 Å². The summed E-state index contributed by atoms with van der Waals surface area (Å²) in [5, 5.41) is 3.56. The Labute approximate surface area is 112 Å². The Balaban J connectivity index is 2.20. The number of rotatable bonds is 1. The fraction of sp³-hybridized carbons (Fsp3) is 0.571. The first kappa shape index (κ1) is 13.1. The SMILES string of the molecule is CC1NCC(C)(C)COC1c1cccc(Br)c1. The van der Waals surface area contributed by atoms with E-state index < -0.39 is 0 Å². The molecule has 2 nitrogen and oxygen atoms in total. The van der Waals surface area contributed by atoms with E-state index in [1.807, 2.05) is 6.07 Å². The van der Waals surface area contributed by atoms with Crippen LogP contribution in [0.15, 0.2) is 28.7 Å². The van der Waals surface area contributed by atoms with Gasteiger partial charge in [0, 0.05) is 22.5 Å². The van der Waals surface area contributed by atoms with Gasteiger partial charge in [-0.1, -0.05) is 41.9 Å². The Hall–Kier alpha value is -0.380. The molecule has 17 heavy (non-hydrogen) atoms. The number of halogens is 1. The Kier molecular flexibility index (Phi) is 3.91.